The number of hydrogen-bond donors (Lipinski definition) is 0. The van der Waals surface area contributed by atoms with Gasteiger partial charge in [0.15, 0.2) is 0 Å². The Morgan fingerprint density at radius 3 is 2.15 bits per heavy atom. The Kier molecular flexibility index (Phi) is 4.71. The Morgan fingerprint density at radius 2 is 1.26 bits per heavy atom. The molecule has 0 radical (unpaired) electrons. The number of aryl methyl sites for hydroxylation is 1. The second kappa shape index (κ2) is 8.77. The summed E-state index contributed by atoms with van der Waals surface area (Å²) in [6.07, 6.45) is 2.54. The molecule has 2 aliphatic carbocycles. The van der Waals surface area contributed by atoms with Crippen molar-refractivity contribution in [3.8, 4) is 39.1 Å². The lowest BCUT2D eigenvalue weighted by molar-refractivity contribution is 0.673. The zero-order chi connectivity index (χ0) is 30.1. The van der Waals surface area contributed by atoms with Crippen LogP contribution in [0.4, 0.5) is 0 Å². The minimum absolute atomic E-state index is 0.622. The van der Waals surface area contributed by atoms with Crippen molar-refractivity contribution < 1.29 is 4.42 Å². The van der Waals surface area contributed by atoms with Gasteiger partial charge in [0.05, 0.1) is 22.1 Å². The molecule has 0 atom stereocenters. The van der Waals surface area contributed by atoms with Crippen molar-refractivity contribution in [1.82, 2.24) is 4.57 Å². The number of fused-ring (bicyclic) bond motifs is 10. The fourth-order valence-electron chi connectivity index (χ4n) is 8.55. The molecule has 216 valence electrons. The van der Waals surface area contributed by atoms with Crippen LogP contribution in [0.25, 0.3) is 93.6 Å². The van der Waals surface area contributed by atoms with E-state index in [9.17, 15) is 0 Å². The highest BCUT2D eigenvalue weighted by atomic mass is 16.3. The molecule has 0 bridgehead atoms. The van der Waals surface area contributed by atoms with E-state index in [1.807, 2.05) is 0 Å². The summed E-state index contributed by atoms with van der Waals surface area (Å²) in [6, 6.07) is 47.0. The summed E-state index contributed by atoms with van der Waals surface area (Å²) in [5.41, 5.74) is 16.7. The number of furan rings is 1. The van der Waals surface area contributed by atoms with Crippen molar-refractivity contribution in [2.45, 2.75) is 25.7 Å². The van der Waals surface area contributed by atoms with Crippen LogP contribution in [0.1, 0.15) is 29.9 Å². The average Bonchev–Trinajstić information content (AvgIpc) is 3.68. The van der Waals surface area contributed by atoms with E-state index >= 15 is 0 Å². The Morgan fingerprint density at radius 1 is 0.522 bits per heavy atom. The molecular formula is C44H29NO. The zero-order valence-corrected chi connectivity index (χ0v) is 25.5. The van der Waals surface area contributed by atoms with Crippen LogP contribution in [0.2, 0.25) is 0 Å². The summed E-state index contributed by atoms with van der Waals surface area (Å²) in [6.45, 7) is 2.24. The van der Waals surface area contributed by atoms with Gasteiger partial charge in [0, 0.05) is 21.5 Å². The van der Waals surface area contributed by atoms with E-state index in [2.05, 4.69) is 139 Å². The topological polar surface area (TPSA) is 18.1 Å². The second-order valence-electron chi connectivity index (χ2n) is 13.2. The average molecular weight is 588 g/mol. The predicted octanol–water partition coefficient (Wildman–Crippen LogP) is 12.3. The fourth-order valence-corrected chi connectivity index (χ4v) is 8.55. The molecule has 0 aliphatic heterocycles. The SMILES string of the molecule is Cc1ccccc1-c1ccc2c(c1C1CC1)-c1cccc3c(-n4c5ccccc5c5c6oc7ccccc7c6ccc54)ccc-2c13. The molecule has 0 N–H and O–H groups in total. The molecule has 2 heterocycles. The van der Waals surface area contributed by atoms with Gasteiger partial charge in [-0.2, -0.15) is 0 Å². The number of para-hydroxylation sites is 2. The second-order valence-corrected chi connectivity index (χ2v) is 13.2. The number of aromatic nitrogens is 1. The third-order valence-electron chi connectivity index (χ3n) is 10.7. The molecule has 0 unspecified atom stereocenters. The van der Waals surface area contributed by atoms with E-state index < -0.39 is 0 Å². The van der Waals surface area contributed by atoms with E-state index in [4.69, 9.17) is 4.42 Å². The van der Waals surface area contributed by atoms with Crippen LogP contribution in [0.15, 0.2) is 132 Å². The van der Waals surface area contributed by atoms with E-state index in [1.165, 1.54) is 95.4 Å². The van der Waals surface area contributed by atoms with Gasteiger partial charge in [-0.1, -0.05) is 97.1 Å². The summed E-state index contributed by atoms with van der Waals surface area (Å²) < 4.78 is 9.05. The Hall–Kier alpha value is -5.60. The number of nitrogens with zero attached hydrogens (tertiary/aromatic N) is 1. The maximum Gasteiger partial charge on any atom is 0.145 e. The summed E-state index contributed by atoms with van der Waals surface area (Å²) in [5, 5.41) is 7.38. The highest BCUT2D eigenvalue weighted by Gasteiger charge is 2.35. The number of rotatable bonds is 3. The highest BCUT2D eigenvalue weighted by molar-refractivity contribution is 6.25. The smallest absolute Gasteiger partial charge is 0.145 e. The van der Waals surface area contributed by atoms with Gasteiger partial charge in [0.25, 0.3) is 0 Å². The molecule has 9 aromatic rings. The first-order valence-electron chi connectivity index (χ1n) is 16.4. The van der Waals surface area contributed by atoms with E-state index in [0.29, 0.717) is 5.92 Å². The molecular weight excluding hydrogens is 558 g/mol. The lowest BCUT2D eigenvalue weighted by atomic mass is 9.86. The van der Waals surface area contributed by atoms with Crippen molar-refractivity contribution in [3.63, 3.8) is 0 Å². The Balaban J connectivity index is 1.22. The van der Waals surface area contributed by atoms with Gasteiger partial charge in [0.2, 0.25) is 0 Å². The van der Waals surface area contributed by atoms with E-state index in [1.54, 1.807) is 5.56 Å². The van der Waals surface area contributed by atoms with Crippen LogP contribution < -0.4 is 0 Å². The Labute approximate surface area is 266 Å². The minimum atomic E-state index is 0.622. The predicted molar refractivity (Wildman–Crippen MR) is 192 cm³/mol. The van der Waals surface area contributed by atoms with Gasteiger partial charge in [-0.25, -0.2) is 0 Å². The van der Waals surface area contributed by atoms with Gasteiger partial charge in [0.1, 0.15) is 11.2 Å². The molecule has 0 spiro atoms. The maximum absolute atomic E-state index is 6.59. The first-order valence-corrected chi connectivity index (χ1v) is 16.4. The van der Waals surface area contributed by atoms with Crippen LogP contribution in [-0.2, 0) is 0 Å². The van der Waals surface area contributed by atoms with Crippen LogP contribution in [-0.4, -0.2) is 4.57 Å². The Bertz CT molecular complexity index is 2770. The maximum atomic E-state index is 6.59. The molecule has 1 saturated carbocycles. The number of hydrogen-bond acceptors (Lipinski definition) is 1. The van der Waals surface area contributed by atoms with Crippen molar-refractivity contribution >= 4 is 54.5 Å². The molecule has 2 heteroatoms. The molecule has 0 amide bonds. The molecule has 2 aromatic heterocycles. The van der Waals surface area contributed by atoms with Crippen LogP contribution >= 0.6 is 0 Å². The molecule has 2 aliphatic rings. The summed E-state index contributed by atoms with van der Waals surface area (Å²) >= 11 is 0. The van der Waals surface area contributed by atoms with E-state index in [0.717, 1.165) is 16.6 Å². The normalized spacial score (nSPS) is 13.9. The van der Waals surface area contributed by atoms with Gasteiger partial charge < -0.3 is 8.98 Å². The quantitative estimate of drug-likeness (QED) is 0.201. The van der Waals surface area contributed by atoms with Gasteiger partial charge in [-0.3, -0.25) is 0 Å². The van der Waals surface area contributed by atoms with Crippen molar-refractivity contribution in [2.24, 2.45) is 0 Å². The minimum Gasteiger partial charge on any atom is -0.455 e. The molecule has 7 aromatic carbocycles. The third kappa shape index (κ3) is 3.11. The largest absolute Gasteiger partial charge is 0.455 e. The molecule has 2 nitrogen and oxygen atoms in total. The molecule has 46 heavy (non-hydrogen) atoms. The molecule has 11 rings (SSSR count). The standard InChI is InChI=1S/C44H29NO/c1-25-9-2-3-10-27(25)29-19-20-31-30-21-23-37(33-13-8-14-35(41(30)33)42(31)40(29)26-17-18-26)45-36-15-6-4-12-34(36)43-38(45)24-22-32-28-11-5-7-16-39(28)46-44(32)43/h2-16,19-24,26H,17-18H2,1H3. The van der Waals surface area contributed by atoms with Crippen LogP contribution in [0.5, 0.6) is 0 Å². The van der Waals surface area contributed by atoms with Crippen LogP contribution in [0.3, 0.4) is 0 Å². The van der Waals surface area contributed by atoms with Crippen molar-refractivity contribution in [3.05, 3.63) is 139 Å². The van der Waals surface area contributed by atoms with Gasteiger partial charge in [-0.15, -0.1) is 0 Å². The summed E-state index contributed by atoms with van der Waals surface area (Å²) in [5.74, 6) is 0.622. The highest BCUT2D eigenvalue weighted by Crippen LogP contribution is 2.57. The first kappa shape index (κ1) is 24.7. The van der Waals surface area contributed by atoms with Gasteiger partial charge >= 0.3 is 0 Å². The fraction of sp³-hybridized carbons (Fsp3) is 0.0909. The van der Waals surface area contributed by atoms with Crippen molar-refractivity contribution in [1.29, 1.82) is 0 Å². The lowest BCUT2D eigenvalue weighted by Gasteiger charge is -2.17. The summed E-state index contributed by atoms with van der Waals surface area (Å²) in [4.78, 5) is 0. The zero-order valence-electron chi connectivity index (χ0n) is 25.5. The number of benzene rings is 7. The van der Waals surface area contributed by atoms with Gasteiger partial charge in [-0.05, 0) is 106 Å². The lowest BCUT2D eigenvalue weighted by Crippen LogP contribution is -1.95. The first-order chi connectivity index (χ1) is 22.8. The third-order valence-corrected chi connectivity index (χ3v) is 10.7. The van der Waals surface area contributed by atoms with E-state index in [-0.39, 0.29) is 0 Å². The monoisotopic (exact) mass is 587 g/mol. The summed E-state index contributed by atoms with van der Waals surface area (Å²) in [7, 11) is 0. The van der Waals surface area contributed by atoms with Crippen molar-refractivity contribution in [2.75, 3.05) is 0 Å². The molecule has 1 fully saturated rings. The molecule has 0 saturated heterocycles. The van der Waals surface area contributed by atoms with Crippen LogP contribution in [0, 0.1) is 6.92 Å².